The van der Waals surface area contributed by atoms with Gasteiger partial charge in [0, 0.05) is 12.7 Å². The third kappa shape index (κ3) is 2.32. The van der Waals surface area contributed by atoms with E-state index < -0.39 is 0 Å². The van der Waals surface area contributed by atoms with Gasteiger partial charge in [-0.25, -0.2) is 0 Å². The molecular weight excluding hydrogens is 292 g/mol. The number of thiophene rings is 1. The maximum absolute atomic E-state index is 6.37. The Labute approximate surface area is 126 Å². The van der Waals surface area contributed by atoms with Crippen LogP contribution in [0.15, 0.2) is 29.9 Å². The highest BCUT2D eigenvalue weighted by atomic mass is 35.5. The molecule has 3 rings (SSSR count). The summed E-state index contributed by atoms with van der Waals surface area (Å²) in [7, 11) is 0. The Kier molecular flexibility index (Phi) is 3.74. The minimum atomic E-state index is -0.310. The highest BCUT2D eigenvalue weighted by Gasteiger charge is 2.19. The van der Waals surface area contributed by atoms with E-state index in [1.54, 1.807) is 17.5 Å². The Hall–Kier alpha value is -1.43. The molecule has 2 N–H and O–H groups in total. The van der Waals surface area contributed by atoms with Crippen LogP contribution in [0, 0.1) is 0 Å². The second-order valence-electron chi connectivity index (χ2n) is 4.65. The van der Waals surface area contributed by atoms with Crippen LogP contribution in [-0.4, -0.2) is 14.8 Å². The van der Waals surface area contributed by atoms with Gasteiger partial charge in [0.25, 0.3) is 0 Å². The van der Waals surface area contributed by atoms with Crippen molar-refractivity contribution in [2.45, 2.75) is 25.9 Å². The Bertz CT molecular complexity index is 734. The monoisotopic (exact) mass is 306 g/mol. The van der Waals surface area contributed by atoms with Crippen molar-refractivity contribution in [1.29, 1.82) is 0 Å². The highest BCUT2D eigenvalue weighted by molar-refractivity contribution is 7.17. The fourth-order valence-corrected chi connectivity index (χ4v) is 3.31. The fraction of sp³-hybridized carbons (Fsp3) is 0.286. The van der Waals surface area contributed by atoms with Gasteiger partial charge in [0.1, 0.15) is 0 Å². The van der Waals surface area contributed by atoms with Gasteiger partial charge < -0.3 is 5.73 Å². The zero-order valence-corrected chi connectivity index (χ0v) is 12.7. The zero-order valence-electron chi connectivity index (χ0n) is 11.1. The predicted octanol–water partition coefficient (Wildman–Crippen LogP) is 3.60. The first-order valence-corrected chi connectivity index (χ1v) is 7.76. The number of hydrogen-bond donors (Lipinski definition) is 1. The van der Waals surface area contributed by atoms with E-state index >= 15 is 0 Å². The van der Waals surface area contributed by atoms with Crippen molar-refractivity contribution in [3.63, 3.8) is 0 Å². The molecule has 6 heteroatoms. The van der Waals surface area contributed by atoms with Gasteiger partial charge in [0.15, 0.2) is 0 Å². The van der Waals surface area contributed by atoms with Gasteiger partial charge in [-0.15, -0.1) is 11.3 Å². The molecule has 0 aliphatic heterocycles. The van der Waals surface area contributed by atoms with Crippen molar-refractivity contribution in [3.8, 4) is 0 Å². The lowest BCUT2D eigenvalue weighted by atomic mass is 10.1. The Morgan fingerprint density at radius 2 is 2.30 bits per heavy atom. The number of nitrogens with two attached hydrogens (primary N) is 1. The Morgan fingerprint density at radius 3 is 3.10 bits per heavy atom. The van der Waals surface area contributed by atoms with E-state index in [0.29, 0.717) is 5.02 Å². The van der Waals surface area contributed by atoms with Gasteiger partial charge in [-0.05, 0) is 29.5 Å². The summed E-state index contributed by atoms with van der Waals surface area (Å²) in [6.07, 6.45) is 4.46. The summed E-state index contributed by atoms with van der Waals surface area (Å²) in [5.41, 5.74) is 9.18. The molecule has 0 bridgehead atoms. The average Bonchev–Trinajstić information content (AvgIpc) is 3.04. The van der Waals surface area contributed by atoms with E-state index in [9.17, 15) is 0 Å². The first-order chi connectivity index (χ1) is 9.70. The lowest BCUT2D eigenvalue weighted by Gasteiger charge is -2.15. The van der Waals surface area contributed by atoms with E-state index in [4.69, 9.17) is 17.3 Å². The largest absolute Gasteiger partial charge is 0.319 e. The molecule has 0 aliphatic carbocycles. The van der Waals surface area contributed by atoms with E-state index in [-0.39, 0.29) is 6.04 Å². The molecule has 3 aromatic heterocycles. The maximum atomic E-state index is 6.37. The van der Waals surface area contributed by atoms with Crippen molar-refractivity contribution in [1.82, 2.24) is 14.8 Å². The van der Waals surface area contributed by atoms with Crippen molar-refractivity contribution in [3.05, 3.63) is 46.2 Å². The SMILES string of the molecule is CCCn1ncc(Cl)c1C(N)c1cnc2ccsc2c1. The lowest BCUT2D eigenvalue weighted by molar-refractivity contribution is 0.559. The molecule has 0 aliphatic rings. The molecule has 0 saturated heterocycles. The molecular formula is C14H15ClN4S. The first-order valence-electron chi connectivity index (χ1n) is 6.50. The molecule has 0 saturated carbocycles. The molecule has 4 nitrogen and oxygen atoms in total. The minimum Gasteiger partial charge on any atom is -0.319 e. The number of nitrogens with zero attached hydrogens (tertiary/aromatic N) is 3. The molecule has 104 valence electrons. The quantitative estimate of drug-likeness (QED) is 0.801. The summed E-state index contributed by atoms with van der Waals surface area (Å²) in [4.78, 5) is 4.44. The van der Waals surface area contributed by atoms with Crippen LogP contribution in [0.1, 0.15) is 30.6 Å². The normalized spacial score (nSPS) is 12.9. The van der Waals surface area contributed by atoms with Crippen molar-refractivity contribution in [2.75, 3.05) is 0 Å². The van der Waals surface area contributed by atoms with Crippen LogP contribution in [0.2, 0.25) is 5.02 Å². The number of aryl methyl sites for hydroxylation is 1. The minimum absolute atomic E-state index is 0.310. The molecule has 0 aromatic carbocycles. The van der Waals surface area contributed by atoms with Gasteiger partial charge in [0.2, 0.25) is 0 Å². The average molecular weight is 307 g/mol. The van der Waals surface area contributed by atoms with Crippen LogP contribution in [0.3, 0.4) is 0 Å². The fourth-order valence-electron chi connectivity index (χ4n) is 2.26. The summed E-state index contributed by atoms with van der Waals surface area (Å²) in [5, 5.41) is 6.93. The molecule has 1 atom stereocenters. The molecule has 3 aromatic rings. The second kappa shape index (κ2) is 5.52. The number of hydrogen-bond acceptors (Lipinski definition) is 4. The smallest absolute Gasteiger partial charge is 0.0837 e. The topological polar surface area (TPSA) is 56.7 Å². The molecule has 0 amide bonds. The second-order valence-corrected chi connectivity index (χ2v) is 6.01. The van der Waals surface area contributed by atoms with Crippen LogP contribution in [0.5, 0.6) is 0 Å². The van der Waals surface area contributed by atoms with E-state index in [1.165, 1.54) is 0 Å². The van der Waals surface area contributed by atoms with Gasteiger partial charge in [0.05, 0.1) is 33.2 Å². The standard InChI is InChI=1S/C14H15ClN4S/c1-2-4-19-14(10(15)8-18-19)13(16)9-6-12-11(17-7-9)3-5-20-12/h3,5-8,13H,2,4,16H2,1H3. The number of rotatable bonds is 4. The van der Waals surface area contributed by atoms with Gasteiger partial charge in [-0.3, -0.25) is 9.67 Å². The van der Waals surface area contributed by atoms with Crippen molar-refractivity contribution < 1.29 is 0 Å². The maximum Gasteiger partial charge on any atom is 0.0837 e. The predicted molar refractivity (Wildman–Crippen MR) is 83.2 cm³/mol. The van der Waals surface area contributed by atoms with Crippen LogP contribution < -0.4 is 5.73 Å². The number of fused-ring (bicyclic) bond motifs is 1. The summed E-state index contributed by atoms with van der Waals surface area (Å²) in [6, 6.07) is 3.77. The number of aromatic nitrogens is 3. The highest BCUT2D eigenvalue weighted by Crippen LogP contribution is 2.29. The summed E-state index contributed by atoms with van der Waals surface area (Å²) in [5.74, 6) is 0. The first kappa shape index (κ1) is 13.5. The van der Waals surface area contributed by atoms with Crippen LogP contribution in [0.4, 0.5) is 0 Å². The van der Waals surface area contributed by atoms with Gasteiger partial charge >= 0.3 is 0 Å². The number of pyridine rings is 1. The zero-order chi connectivity index (χ0) is 14.1. The number of halogens is 1. The van der Waals surface area contributed by atoms with Gasteiger partial charge in [-0.2, -0.15) is 5.10 Å². The van der Waals surface area contributed by atoms with Gasteiger partial charge in [-0.1, -0.05) is 18.5 Å². The van der Waals surface area contributed by atoms with Crippen molar-refractivity contribution in [2.24, 2.45) is 5.73 Å². The van der Waals surface area contributed by atoms with Crippen LogP contribution >= 0.6 is 22.9 Å². The van der Waals surface area contributed by atoms with E-state index in [0.717, 1.165) is 34.4 Å². The molecule has 0 radical (unpaired) electrons. The summed E-state index contributed by atoms with van der Waals surface area (Å²) >= 11 is 7.90. The lowest BCUT2D eigenvalue weighted by Crippen LogP contribution is -2.18. The Morgan fingerprint density at radius 1 is 1.45 bits per heavy atom. The van der Waals surface area contributed by atoms with E-state index in [2.05, 4.69) is 23.1 Å². The summed E-state index contributed by atoms with van der Waals surface area (Å²) in [6.45, 7) is 2.91. The molecule has 0 spiro atoms. The third-order valence-electron chi connectivity index (χ3n) is 3.25. The van der Waals surface area contributed by atoms with Crippen molar-refractivity contribution >= 4 is 33.2 Å². The Balaban J connectivity index is 2.02. The van der Waals surface area contributed by atoms with E-state index in [1.807, 2.05) is 22.3 Å². The molecule has 0 fully saturated rings. The van der Waals surface area contributed by atoms with Crippen LogP contribution in [0.25, 0.3) is 10.2 Å². The molecule has 3 heterocycles. The summed E-state index contributed by atoms with van der Waals surface area (Å²) < 4.78 is 3.02. The third-order valence-corrected chi connectivity index (χ3v) is 4.39. The molecule has 1 unspecified atom stereocenters. The van der Waals surface area contributed by atoms with Crippen LogP contribution in [-0.2, 0) is 6.54 Å². The molecule has 20 heavy (non-hydrogen) atoms.